The van der Waals surface area contributed by atoms with Gasteiger partial charge in [0.1, 0.15) is 5.75 Å². The SMILES string of the molecule is COc1ccccc1CNC(=O)NC[C@@H]1CCCO1. The lowest BCUT2D eigenvalue weighted by atomic mass is 10.2. The number of rotatable bonds is 5. The van der Waals surface area contributed by atoms with E-state index in [2.05, 4.69) is 10.6 Å². The van der Waals surface area contributed by atoms with E-state index >= 15 is 0 Å². The van der Waals surface area contributed by atoms with Crippen LogP contribution in [0.2, 0.25) is 0 Å². The quantitative estimate of drug-likeness (QED) is 0.850. The van der Waals surface area contributed by atoms with Crippen molar-refractivity contribution in [2.24, 2.45) is 0 Å². The topological polar surface area (TPSA) is 59.6 Å². The molecule has 1 aromatic carbocycles. The maximum absolute atomic E-state index is 11.7. The maximum Gasteiger partial charge on any atom is 0.315 e. The van der Waals surface area contributed by atoms with Gasteiger partial charge in [-0.1, -0.05) is 18.2 Å². The Hall–Kier alpha value is -1.75. The largest absolute Gasteiger partial charge is 0.496 e. The minimum atomic E-state index is -0.179. The molecule has 0 unspecified atom stereocenters. The monoisotopic (exact) mass is 264 g/mol. The second-order valence-electron chi connectivity index (χ2n) is 4.51. The molecule has 1 fully saturated rings. The van der Waals surface area contributed by atoms with Gasteiger partial charge in [-0.05, 0) is 18.9 Å². The van der Waals surface area contributed by atoms with E-state index in [-0.39, 0.29) is 12.1 Å². The molecule has 0 aromatic heterocycles. The van der Waals surface area contributed by atoms with Crippen LogP contribution in [0.25, 0.3) is 0 Å². The molecular formula is C14H20N2O3. The third-order valence-corrected chi connectivity index (χ3v) is 3.15. The van der Waals surface area contributed by atoms with Crippen molar-refractivity contribution in [3.05, 3.63) is 29.8 Å². The summed E-state index contributed by atoms with van der Waals surface area (Å²) in [6.07, 6.45) is 2.26. The Bertz CT molecular complexity index is 417. The van der Waals surface area contributed by atoms with Gasteiger partial charge in [-0.15, -0.1) is 0 Å². The van der Waals surface area contributed by atoms with E-state index in [1.165, 1.54) is 0 Å². The number of carbonyl (C=O) groups is 1. The van der Waals surface area contributed by atoms with Crippen LogP contribution in [0, 0.1) is 0 Å². The average Bonchev–Trinajstić information content (AvgIpc) is 2.96. The van der Waals surface area contributed by atoms with Gasteiger partial charge in [-0.25, -0.2) is 4.79 Å². The molecular weight excluding hydrogens is 244 g/mol. The molecule has 2 amide bonds. The summed E-state index contributed by atoms with van der Waals surface area (Å²) < 4.78 is 10.7. The first-order valence-electron chi connectivity index (χ1n) is 6.55. The highest BCUT2D eigenvalue weighted by molar-refractivity contribution is 5.73. The molecule has 2 N–H and O–H groups in total. The van der Waals surface area contributed by atoms with E-state index in [9.17, 15) is 4.79 Å². The van der Waals surface area contributed by atoms with Crippen LogP contribution in [0.4, 0.5) is 4.79 Å². The van der Waals surface area contributed by atoms with Gasteiger partial charge < -0.3 is 20.1 Å². The van der Waals surface area contributed by atoms with Crippen molar-refractivity contribution in [2.45, 2.75) is 25.5 Å². The molecule has 0 spiro atoms. The summed E-state index contributed by atoms with van der Waals surface area (Å²) in [5, 5.41) is 5.63. The van der Waals surface area contributed by atoms with E-state index in [1.807, 2.05) is 24.3 Å². The summed E-state index contributed by atoms with van der Waals surface area (Å²) in [5.41, 5.74) is 0.956. The van der Waals surface area contributed by atoms with Crippen molar-refractivity contribution >= 4 is 6.03 Å². The molecule has 0 aliphatic carbocycles. The fourth-order valence-corrected chi connectivity index (χ4v) is 2.10. The molecule has 1 atom stereocenters. The van der Waals surface area contributed by atoms with Gasteiger partial charge in [0.25, 0.3) is 0 Å². The van der Waals surface area contributed by atoms with Gasteiger partial charge in [0, 0.05) is 25.3 Å². The molecule has 1 saturated heterocycles. The number of amides is 2. The molecule has 1 aliphatic rings. The molecule has 0 radical (unpaired) electrons. The zero-order chi connectivity index (χ0) is 13.5. The van der Waals surface area contributed by atoms with E-state index in [1.54, 1.807) is 7.11 Å². The lowest BCUT2D eigenvalue weighted by molar-refractivity contribution is 0.111. The zero-order valence-electron chi connectivity index (χ0n) is 11.1. The first kappa shape index (κ1) is 13.7. The number of ether oxygens (including phenoxy) is 2. The summed E-state index contributed by atoms with van der Waals surface area (Å²) in [5.74, 6) is 0.780. The lowest BCUT2D eigenvalue weighted by Gasteiger charge is -2.13. The Labute approximate surface area is 113 Å². The van der Waals surface area contributed by atoms with E-state index in [0.29, 0.717) is 13.1 Å². The van der Waals surface area contributed by atoms with Crippen molar-refractivity contribution in [3.8, 4) is 5.75 Å². The van der Waals surface area contributed by atoms with Crippen LogP contribution in [-0.2, 0) is 11.3 Å². The molecule has 5 heteroatoms. The van der Waals surface area contributed by atoms with E-state index in [0.717, 1.165) is 30.8 Å². The number of hydrogen-bond acceptors (Lipinski definition) is 3. The van der Waals surface area contributed by atoms with Crippen LogP contribution in [0.1, 0.15) is 18.4 Å². The predicted octanol–water partition coefficient (Wildman–Crippen LogP) is 1.67. The molecule has 1 aromatic rings. The van der Waals surface area contributed by atoms with Crippen LogP contribution in [0.15, 0.2) is 24.3 Å². The van der Waals surface area contributed by atoms with Crippen LogP contribution in [0.3, 0.4) is 0 Å². The summed E-state index contributed by atoms with van der Waals surface area (Å²) >= 11 is 0. The Kier molecular flexibility index (Phi) is 5.03. The van der Waals surface area contributed by atoms with Crippen LogP contribution >= 0.6 is 0 Å². The highest BCUT2D eigenvalue weighted by Gasteiger charge is 2.15. The number of nitrogens with one attached hydrogen (secondary N) is 2. The molecule has 0 saturated carbocycles. The number of urea groups is 1. The first-order valence-corrected chi connectivity index (χ1v) is 6.55. The summed E-state index contributed by atoms with van der Waals surface area (Å²) in [6, 6.07) is 7.45. The zero-order valence-corrected chi connectivity index (χ0v) is 11.1. The number of benzene rings is 1. The van der Waals surface area contributed by atoms with Gasteiger partial charge in [0.2, 0.25) is 0 Å². The Balaban J connectivity index is 1.73. The van der Waals surface area contributed by atoms with Crippen molar-refractivity contribution in [1.29, 1.82) is 0 Å². The summed E-state index contributed by atoms with van der Waals surface area (Å²) in [7, 11) is 1.62. The molecule has 19 heavy (non-hydrogen) atoms. The molecule has 5 nitrogen and oxygen atoms in total. The number of hydrogen-bond donors (Lipinski definition) is 2. The first-order chi connectivity index (χ1) is 9.29. The minimum absolute atomic E-state index is 0.164. The van der Waals surface area contributed by atoms with Gasteiger partial charge in [0.15, 0.2) is 0 Å². The Morgan fingerprint density at radius 1 is 1.42 bits per heavy atom. The maximum atomic E-state index is 11.7. The number of para-hydroxylation sites is 1. The van der Waals surface area contributed by atoms with Gasteiger partial charge in [-0.2, -0.15) is 0 Å². The van der Waals surface area contributed by atoms with Gasteiger partial charge in [0.05, 0.1) is 13.2 Å². The normalized spacial score (nSPS) is 18.1. The van der Waals surface area contributed by atoms with E-state index in [4.69, 9.17) is 9.47 Å². The second-order valence-corrected chi connectivity index (χ2v) is 4.51. The standard InChI is InChI=1S/C14H20N2O3/c1-18-13-7-3-2-5-11(13)9-15-14(17)16-10-12-6-4-8-19-12/h2-3,5,7,12H,4,6,8-10H2,1H3,(H2,15,16,17)/t12-/m0/s1. The second kappa shape index (κ2) is 6.99. The van der Waals surface area contributed by atoms with Gasteiger partial charge >= 0.3 is 6.03 Å². The summed E-state index contributed by atoms with van der Waals surface area (Å²) in [4.78, 5) is 11.7. The van der Waals surface area contributed by atoms with Crippen molar-refractivity contribution in [2.75, 3.05) is 20.3 Å². The van der Waals surface area contributed by atoms with Crippen molar-refractivity contribution in [3.63, 3.8) is 0 Å². The Morgan fingerprint density at radius 3 is 3.00 bits per heavy atom. The fraction of sp³-hybridized carbons (Fsp3) is 0.500. The van der Waals surface area contributed by atoms with Crippen LogP contribution < -0.4 is 15.4 Å². The van der Waals surface area contributed by atoms with E-state index < -0.39 is 0 Å². The molecule has 2 rings (SSSR count). The minimum Gasteiger partial charge on any atom is -0.496 e. The van der Waals surface area contributed by atoms with Crippen LogP contribution in [0.5, 0.6) is 5.75 Å². The summed E-state index contributed by atoms with van der Waals surface area (Å²) in [6.45, 7) is 1.81. The third kappa shape index (κ3) is 4.13. The van der Waals surface area contributed by atoms with Crippen LogP contribution in [-0.4, -0.2) is 32.4 Å². The molecule has 104 valence electrons. The lowest BCUT2D eigenvalue weighted by Crippen LogP contribution is -2.39. The smallest absolute Gasteiger partial charge is 0.315 e. The fourth-order valence-electron chi connectivity index (χ4n) is 2.10. The molecule has 1 heterocycles. The predicted molar refractivity (Wildman–Crippen MR) is 72.2 cm³/mol. The highest BCUT2D eigenvalue weighted by atomic mass is 16.5. The van der Waals surface area contributed by atoms with Gasteiger partial charge in [-0.3, -0.25) is 0 Å². The molecule has 0 bridgehead atoms. The third-order valence-electron chi connectivity index (χ3n) is 3.15. The van der Waals surface area contributed by atoms with Crippen molar-refractivity contribution in [1.82, 2.24) is 10.6 Å². The molecule has 1 aliphatic heterocycles. The number of carbonyl (C=O) groups excluding carboxylic acids is 1. The number of methoxy groups -OCH3 is 1. The van der Waals surface area contributed by atoms with Crippen molar-refractivity contribution < 1.29 is 14.3 Å². The highest BCUT2D eigenvalue weighted by Crippen LogP contribution is 2.16. The average molecular weight is 264 g/mol. The Morgan fingerprint density at radius 2 is 2.26 bits per heavy atom.